The number of hydrogen-bond donors (Lipinski definition) is 2. The van der Waals surface area contributed by atoms with E-state index in [1.54, 1.807) is 36.4 Å². The smallest absolute Gasteiger partial charge is 0.264 e. The van der Waals surface area contributed by atoms with E-state index in [2.05, 4.69) is 14.8 Å². The number of benzene rings is 2. The second kappa shape index (κ2) is 10.3. The third kappa shape index (κ3) is 5.42. The zero-order valence-electron chi connectivity index (χ0n) is 22.4. The zero-order chi connectivity index (χ0) is 28.8. The third-order valence-electron chi connectivity index (χ3n) is 7.69. The molecule has 2 N–H and O–H groups in total. The van der Waals surface area contributed by atoms with Crippen LogP contribution in [0.4, 0.5) is 5.69 Å². The van der Waals surface area contributed by atoms with E-state index < -0.39 is 15.6 Å². The van der Waals surface area contributed by atoms with E-state index in [4.69, 9.17) is 4.74 Å². The molecule has 2 aromatic carbocycles. The van der Waals surface area contributed by atoms with Gasteiger partial charge >= 0.3 is 0 Å². The highest BCUT2D eigenvalue weighted by molar-refractivity contribution is 7.92. The molecule has 1 saturated heterocycles. The van der Waals surface area contributed by atoms with Crippen LogP contribution in [0.1, 0.15) is 25.7 Å². The number of aromatic nitrogens is 4. The van der Waals surface area contributed by atoms with Gasteiger partial charge in [-0.25, -0.2) is 18.1 Å². The first-order chi connectivity index (χ1) is 19.7. The summed E-state index contributed by atoms with van der Waals surface area (Å²) in [6.07, 6.45) is 5.51. The number of carbonyl (C=O) groups excluding carboxylic acids is 1. The molecular formula is C28H30N6O6S. The largest absolute Gasteiger partial charge is 0.497 e. The molecule has 214 valence electrons. The van der Waals surface area contributed by atoms with Gasteiger partial charge in [-0.15, -0.1) is 0 Å². The standard InChI is InChI=1S/C28H30N6O6S/c1-40-22-8-10-23(11-9-22)41(38,39)31-20-4-6-21(7-5-20)34-25-24(16-30-34)27(36)33(18-29-25)17-28(37)12-14-32(15-13-28)26(35)19-2-3-19/h4-11,16,18-19,31,37H,2-3,12-15,17H2,1H3. The fourth-order valence-electron chi connectivity index (χ4n) is 5.10. The number of rotatable bonds is 8. The van der Waals surface area contributed by atoms with Gasteiger partial charge in [-0.3, -0.25) is 18.9 Å². The molecule has 1 aliphatic heterocycles. The molecule has 0 radical (unpaired) electrons. The van der Waals surface area contributed by atoms with Gasteiger partial charge in [-0.05, 0) is 74.2 Å². The van der Waals surface area contributed by atoms with Gasteiger partial charge in [0.25, 0.3) is 15.6 Å². The molecule has 12 nitrogen and oxygen atoms in total. The fourth-order valence-corrected chi connectivity index (χ4v) is 6.16. The van der Waals surface area contributed by atoms with Crippen molar-refractivity contribution in [3.8, 4) is 11.4 Å². The third-order valence-corrected chi connectivity index (χ3v) is 9.08. The summed E-state index contributed by atoms with van der Waals surface area (Å²) >= 11 is 0. The van der Waals surface area contributed by atoms with Crippen LogP contribution in [0.2, 0.25) is 0 Å². The van der Waals surface area contributed by atoms with Crippen LogP contribution in [0.25, 0.3) is 16.7 Å². The summed E-state index contributed by atoms with van der Waals surface area (Å²) in [5, 5.41) is 15.8. The molecule has 41 heavy (non-hydrogen) atoms. The Morgan fingerprint density at radius 2 is 1.78 bits per heavy atom. The van der Waals surface area contributed by atoms with Crippen molar-refractivity contribution >= 4 is 32.7 Å². The van der Waals surface area contributed by atoms with E-state index in [-0.39, 0.29) is 28.8 Å². The number of amides is 1. The molecule has 0 unspecified atom stereocenters. The number of piperidine rings is 1. The molecule has 2 aliphatic rings. The van der Waals surface area contributed by atoms with Gasteiger partial charge in [0.2, 0.25) is 5.91 Å². The van der Waals surface area contributed by atoms with Gasteiger partial charge in [0.05, 0.1) is 36.0 Å². The van der Waals surface area contributed by atoms with Crippen molar-refractivity contribution in [2.45, 2.75) is 42.7 Å². The molecule has 6 rings (SSSR count). The van der Waals surface area contributed by atoms with Crippen molar-refractivity contribution in [1.29, 1.82) is 0 Å². The summed E-state index contributed by atoms with van der Waals surface area (Å²) in [6.45, 7) is 1.02. The summed E-state index contributed by atoms with van der Waals surface area (Å²) in [4.78, 5) is 32.0. The number of likely N-dealkylation sites (tertiary alicyclic amines) is 1. The Bertz CT molecular complexity index is 1750. The molecule has 2 fully saturated rings. The van der Waals surface area contributed by atoms with E-state index in [1.165, 1.54) is 41.0 Å². The lowest BCUT2D eigenvalue weighted by Gasteiger charge is -2.38. The normalized spacial score (nSPS) is 17.0. The maximum absolute atomic E-state index is 13.3. The maximum Gasteiger partial charge on any atom is 0.264 e. The van der Waals surface area contributed by atoms with Crippen molar-refractivity contribution in [2.24, 2.45) is 5.92 Å². The highest BCUT2D eigenvalue weighted by Gasteiger charge is 2.39. The van der Waals surface area contributed by atoms with Gasteiger partial charge in [-0.2, -0.15) is 5.10 Å². The van der Waals surface area contributed by atoms with Crippen LogP contribution in [-0.2, 0) is 21.4 Å². The molecule has 13 heteroatoms. The maximum atomic E-state index is 13.3. The minimum atomic E-state index is -3.80. The minimum absolute atomic E-state index is 0.0778. The predicted octanol–water partition coefficient (Wildman–Crippen LogP) is 2.16. The monoisotopic (exact) mass is 578 g/mol. The Morgan fingerprint density at radius 1 is 1.10 bits per heavy atom. The summed E-state index contributed by atoms with van der Waals surface area (Å²) in [5.74, 6) is 0.868. The Labute approximate surface area is 236 Å². The molecule has 4 aromatic rings. The number of methoxy groups -OCH3 is 1. The highest BCUT2D eigenvalue weighted by Crippen LogP contribution is 2.33. The molecule has 1 amide bonds. The number of anilines is 1. The van der Waals surface area contributed by atoms with Crippen LogP contribution in [0.3, 0.4) is 0 Å². The van der Waals surface area contributed by atoms with Crippen LogP contribution >= 0.6 is 0 Å². The SMILES string of the molecule is COc1ccc(S(=O)(=O)Nc2ccc(-n3ncc4c(=O)n(CC5(O)CCN(C(=O)C6CC6)CC5)cnc43)cc2)cc1. The van der Waals surface area contributed by atoms with Gasteiger partial charge < -0.3 is 14.7 Å². The predicted molar refractivity (Wildman–Crippen MR) is 150 cm³/mol. The number of sulfonamides is 1. The van der Waals surface area contributed by atoms with Gasteiger partial charge in [0.1, 0.15) is 17.5 Å². The van der Waals surface area contributed by atoms with Crippen molar-refractivity contribution in [3.05, 3.63) is 71.4 Å². The van der Waals surface area contributed by atoms with Crippen LogP contribution in [0.5, 0.6) is 5.75 Å². The Balaban J connectivity index is 1.16. The molecule has 0 spiro atoms. The average Bonchev–Trinajstić information content (AvgIpc) is 3.74. The summed E-state index contributed by atoms with van der Waals surface area (Å²) in [6, 6.07) is 12.6. The number of fused-ring (bicyclic) bond motifs is 1. The van der Waals surface area contributed by atoms with E-state index in [0.717, 1.165) is 12.8 Å². The van der Waals surface area contributed by atoms with Crippen molar-refractivity contribution in [2.75, 3.05) is 24.9 Å². The number of aliphatic hydroxyl groups is 1. The molecule has 0 bridgehead atoms. The lowest BCUT2D eigenvalue weighted by atomic mass is 9.91. The van der Waals surface area contributed by atoms with E-state index in [1.807, 2.05) is 4.90 Å². The van der Waals surface area contributed by atoms with E-state index >= 15 is 0 Å². The summed E-state index contributed by atoms with van der Waals surface area (Å²) < 4.78 is 36.0. The van der Waals surface area contributed by atoms with Gasteiger partial charge in [-0.1, -0.05) is 0 Å². The topological polar surface area (TPSA) is 149 Å². The van der Waals surface area contributed by atoms with Gasteiger partial charge in [0, 0.05) is 24.7 Å². The quantitative estimate of drug-likeness (QED) is 0.323. The average molecular weight is 579 g/mol. The van der Waals surface area contributed by atoms with Gasteiger partial charge in [0.15, 0.2) is 5.65 Å². The fraction of sp³-hybridized carbons (Fsp3) is 0.357. The van der Waals surface area contributed by atoms with E-state index in [0.29, 0.717) is 54.1 Å². The minimum Gasteiger partial charge on any atom is -0.497 e. The van der Waals surface area contributed by atoms with Crippen LogP contribution < -0.4 is 15.0 Å². The number of ether oxygens (including phenoxy) is 1. The molecule has 1 saturated carbocycles. The zero-order valence-corrected chi connectivity index (χ0v) is 23.2. The summed E-state index contributed by atoms with van der Waals surface area (Å²) in [5.41, 5.74) is -0.146. The summed E-state index contributed by atoms with van der Waals surface area (Å²) in [7, 11) is -2.29. The second-order valence-corrected chi connectivity index (χ2v) is 12.3. The molecule has 1 aliphatic carbocycles. The molecule has 2 aromatic heterocycles. The van der Waals surface area contributed by atoms with Crippen LogP contribution in [0.15, 0.2) is 70.7 Å². The molecule has 0 atom stereocenters. The van der Waals surface area contributed by atoms with Crippen molar-refractivity contribution < 1.29 is 23.1 Å². The first-order valence-electron chi connectivity index (χ1n) is 13.4. The first-order valence-corrected chi connectivity index (χ1v) is 14.9. The lowest BCUT2D eigenvalue weighted by Crippen LogP contribution is -2.50. The molecular weight excluding hydrogens is 548 g/mol. The number of nitrogens with zero attached hydrogens (tertiary/aromatic N) is 5. The molecule has 3 heterocycles. The van der Waals surface area contributed by atoms with E-state index in [9.17, 15) is 23.1 Å². The van der Waals surface area contributed by atoms with Crippen molar-refractivity contribution in [3.63, 3.8) is 0 Å². The lowest BCUT2D eigenvalue weighted by molar-refractivity contribution is -0.137. The number of hydrogen-bond acceptors (Lipinski definition) is 8. The second-order valence-electron chi connectivity index (χ2n) is 10.6. The Hall–Kier alpha value is -4.23. The van der Waals surface area contributed by atoms with Crippen LogP contribution in [0, 0.1) is 5.92 Å². The number of carbonyl (C=O) groups is 1. The van der Waals surface area contributed by atoms with Crippen molar-refractivity contribution in [1.82, 2.24) is 24.2 Å². The number of nitrogens with one attached hydrogen (secondary N) is 1. The Morgan fingerprint density at radius 3 is 2.41 bits per heavy atom. The highest BCUT2D eigenvalue weighted by atomic mass is 32.2. The van der Waals surface area contributed by atoms with Crippen LogP contribution in [-0.4, -0.2) is 69.5 Å². The Kier molecular flexibility index (Phi) is 6.78. The first kappa shape index (κ1) is 27.0.